The molecule has 4 heterocycles. The van der Waals surface area contributed by atoms with Crippen LogP contribution in [0.3, 0.4) is 0 Å². The molecule has 2 saturated heterocycles. The highest BCUT2D eigenvalue weighted by Gasteiger charge is 2.48. The van der Waals surface area contributed by atoms with Gasteiger partial charge in [0.2, 0.25) is 11.8 Å². The molecule has 2 unspecified atom stereocenters. The van der Waals surface area contributed by atoms with Crippen molar-refractivity contribution in [2.75, 3.05) is 32.7 Å². The summed E-state index contributed by atoms with van der Waals surface area (Å²) in [6.07, 6.45) is 2.83. The third-order valence-corrected chi connectivity index (χ3v) is 7.70. The highest BCUT2D eigenvalue weighted by Crippen LogP contribution is 2.43. The van der Waals surface area contributed by atoms with Gasteiger partial charge in [0.15, 0.2) is 0 Å². The van der Waals surface area contributed by atoms with Crippen molar-refractivity contribution in [1.82, 2.24) is 19.7 Å². The molecule has 3 aliphatic rings. The van der Waals surface area contributed by atoms with Crippen LogP contribution in [0.25, 0.3) is 10.9 Å². The number of aromatic hydroxyl groups is 1. The molecule has 2 amide bonds. The monoisotopic (exact) mass is 478 g/mol. The van der Waals surface area contributed by atoms with Crippen molar-refractivity contribution in [3.63, 3.8) is 0 Å². The number of phenols is 1. The van der Waals surface area contributed by atoms with Crippen LogP contribution in [0.5, 0.6) is 5.75 Å². The van der Waals surface area contributed by atoms with Crippen molar-refractivity contribution in [3.8, 4) is 5.75 Å². The lowest BCUT2D eigenvalue weighted by Crippen LogP contribution is -2.63. The Morgan fingerprint density at radius 2 is 1.88 bits per heavy atom. The van der Waals surface area contributed by atoms with Crippen LogP contribution in [0.4, 0.5) is 0 Å². The molecule has 0 spiro atoms. The molecule has 0 aliphatic carbocycles. The minimum atomic E-state index is -0.586. The van der Waals surface area contributed by atoms with E-state index in [1.165, 1.54) is 12.8 Å². The van der Waals surface area contributed by atoms with Crippen LogP contribution in [0.15, 0.2) is 42.5 Å². The summed E-state index contributed by atoms with van der Waals surface area (Å²) in [7, 11) is 0. The Balaban J connectivity index is 1.42. The summed E-state index contributed by atoms with van der Waals surface area (Å²) in [5.74, 6) is 0.0519. The van der Waals surface area contributed by atoms with E-state index in [0.717, 1.165) is 47.4 Å². The first kappa shape index (κ1) is 21.5. The Morgan fingerprint density at radius 3 is 2.68 bits per heavy atom. The Bertz CT molecular complexity index is 1280. The van der Waals surface area contributed by atoms with Crippen LogP contribution in [0.1, 0.15) is 35.7 Å². The fourth-order valence-corrected chi connectivity index (χ4v) is 6.01. The Labute approximate surface area is 202 Å². The van der Waals surface area contributed by atoms with Gasteiger partial charge >= 0.3 is 0 Å². The summed E-state index contributed by atoms with van der Waals surface area (Å²) in [5.41, 5.74) is 3.58. The van der Waals surface area contributed by atoms with Crippen LogP contribution in [0, 0.1) is 0 Å². The van der Waals surface area contributed by atoms with Gasteiger partial charge in [0, 0.05) is 41.1 Å². The van der Waals surface area contributed by atoms with E-state index in [1.54, 1.807) is 28.0 Å². The minimum Gasteiger partial charge on any atom is -0.508 e. The van der Waals surface area contributed by atoms with Crippen LogP contribution in [0.2, 0.25) is 5.02 Å². The number of benzene rings is 2. The molecule has 3 aliphatic heterocycles. The van der Waals surface area contributed by atoms with Gasteiger partial charge in [-0.25, -0.2) is 0 Å². The third kappa shape index (κ3) is 3.54. The van der Waals surface area contributed by atoms with E-state index < -0.39 is 12.1 Å². The first-order chi connectivity index (χ1) is 16.5. The molecule has 2 aromatic carbocycles. The van der Waals surface area contributed by atoms with Gasteiger partial charge in [-0.3, -0.25) is 9.59 Å². The van der Waals surface area contributed by atoms with E-state index >= 15 is 0 Å². The molecule has 2 fully saturated rings. The second-order valence-corrected chi connectivity index (χ2v) is 9.97. The second kappa shape index (κ2) is 8.32. The summed E-state index contributed by atoms with van der Waals surface area (Å²) >= 11 is 6.32. The molecule has 2 N–H and O–H groups in total. The van der Waals surface area contributed by atoms with Crippen LogP contribution in [-0.4, -0.2) is 75.4 Å². The maximum atomic E-state index is 13.7. The van der Waals surface area contributed by atoms with Crippen molar-refractivity contribution in [1.29, 1.82) is 0 Å². The summed E-state index contributed by atoms with van der Waals surface area (Å²) in [6, 6.07) is 11.6. The number of fused-ring (bicyclic) bond motifs is 4. The Kier molecular flexibility index (Phi) is 5.26. The zero-order valence-corrected chi connectivity index (χ0v) is 19.6. The largest absolute Gasteiger partial charge is 0.508 e. The molecule has 7 nitrogen and oxygen atoms in total. The zero-order chi connectivity index (χ0) is 23.4. The minimum absolute atomic E-state index is 0.00835. The third-order valence-electron chi connectivity index (χ3n) is 7.47. The summed E-state index contributed by atoms with van der Waals surface area (Å²) in [5, 5.41) is 11.8. The number of hydrogen-bond donors (Lipinski definition) is 2. The molecular weight excluding hydrogens is 452 g/mol. The van der Waals surface area contributed by atoms with Gasteiger partial charge in [-0.15, -0.1) is 0 Å². The molecule has 1 aromatic heterocycles. The molecule has 6 rings (SSSR count). The number of nitrogens with one attached hydrogen (secondary N) is 1. The van der Waals surface area contributed by atoms with E-state index in [-0.39, 0.29) is 24.1 Å². The number of phenolic OH excluding ortho intramolecular Hbond substituents is 1. The lowest BCUT2D eigenvalue weighted by Gasteiger charge is -2.47. The first-order valence-corrected chi connectivity index (χ1v) is 12.3. The normalized spacial score (nSPS) is 23.0. The van der Waals surface area contributed by atoms with E-state index in [2.05, 4.69) is 9.88 Å². The highest BCUT2D eigenvalue weighted by molar-refractivity contribution is 6.31. The van der Waals surface area contributed by atoms with Crippen molar-refractivity contribution in [2.24, 2.45) is 0 Å². The fraction of sp³-hybridized carbons (Fsp3) is 0.385. The van der Waals surface area contributed by atoms with Crippen LogP contribution >= 0.6 is 11.6 Å². The smallest absolute Gasteiger partial charge is 0.246 e. The predicted molar refractivity (Wildman–Crippen MR) is 130 cm³/mol. The summed E-state index contributed by atoms with van der Waals surface area (Å²) < 4.78 is 0. The van der Waals surface area contributed by atoms with Gasteiger partial charge in [0.25, 0.3) is 0 Å². The van der Waals surface area contributed by atoms with Crippen molar-refractivity contribution < 1.29 is 14.7 Å². The number of H-pyrrole nitrogens is 1. The number of hydrogen-bond acceptors (Lipinski definition) is 4. The molecule has 34 heavy (non-hydrogen) atoms. The number of rotatable bonds is 4. The Hall–Kier alpha value is -3.03. The number of aromatic amines is 1. The van der Waals surface area contributed by atoms with E-state index in [0.29, 0.717) is 18.0 Å². The van der Waals surface area contributed by atoms with Crippen LogP contribution in [-0.2, 0) is 16.0 Å². The van der Waals surface area contributed by atoms with E-state index in [1.807, 2.05) is 24.3 Å². The molecular formula is C26H27ClN4O3. The predicted octanol–water partition coefficient (Wildman–Crippen LogP) is 3.31. The fourth-order valence-electron chi connectivity index (χ4n) is 5.84. The van der Waals surface area contributed by atoms with E-state index in [4.69, 9.17) is 11.6 Å². The standard InChI is InChI=1S/C26H27ClN4O3/c27-17-6-7-21-19(13-17)20-14-22-26(34)30(11-10-29-8-1-2-9-29)15-23(33)31(22)25(24(20)28-21)16-4-3-5-18(32)12-16/h3-7,12-13,22,25,28,32H,1-2,8-11,14-15H2. The first-order valence-electron chi connectivity index (χ1n) is 11.9. The van der Waals surface area contributed by atoms with Crippen LogP contribution < -0.4 is 0 Å². The quantitative estimate of drug-likeness (QED) is 0.603. The van der Waals surface area contributed by atoms with Crippen molar-refractivity contribution in [2.45, 2.75) is 31.3 Å². The lowest BCUT2D eigenvalue weighted by molar-refractivity contribution is -0.158. The van der Waals surface area contributed by atoms with E-state index in [9.17, 15) is 14.7 Å². The number of aromatic nitrogens is 1. The molecule has 3 aromatic rings. The second-order valence-electron chi connectivity index (χ2n) is 9.53. The molecule has 0 radical (unpaired) electrons. The van der Waals surface area contributed by atoms with Gasteiger partial charge in [0.1, 0.15) is 11.8 Å². The van der Waals surface area contributed by atoms with Gasteiger partial charge in [0.05, 0.1) is 12.6 Å². The number of amides is 2. The number of carbonyl (C=O) groups excluding carboxylic acids is 2. The molecule has 0 saturated carbocycles. The topological polar surface area (TPSA) is 79.9 Å². The van der Waals surface area contributed by atoms with Gasteiger partial charge in [-0.05, 0) is 67.4 Å². The maximum Gasteiger partial charge on any atom is 0.246 e. The SMILES string of the molecule is O=C1C2Cc3c([nH]c4ccc(Cl)cc34)C(c3cccc(O)c3)N2C(=O)CN1CCN1CCCC1. The number of halogens is 1. The number of carbonyl (C=O) groups is 2. The number of piperazine rings is 1. The number of nitrogens with zero attached hydrogens (tertiary/aromatic N) is 3. The average Bonchev–Trinajstić information content (AvgIpc) is 3.47. The lowest BCUT2D eigenvalue weighted by atomic mass is 9.86. The van der Waals surface area contributed by atoms with Gasteiger partial charge in [-0.1, -0.05) is 23.7 Å². The Morgan fingerprint density at radius 1 is 1.06 bits per heavy atom. The van der Waals surface area contributed by atoms with Gasteiger partial charge < -0.3 is 24.8 Å². The molecule has 176 valence electrons. The summed E-state index contributed by atoms with van der Waals surface area (Å²) in [6.45, 7) is 3.57. The molecule has 0 bridgehead atoms. The average molecular weight is 479 g/mol. The highest BCUT2D eigenvalue weighted by atomic mass is 35.5. The van der Waals surface area contributed by atoms with Gasteiger partial charge in [-0.2, -0.15) is 0 Å². The van der Waals surface area contributed by atoms with Crippen molar-refractivity contribution >= 4 is 34.3 Å². The van der Waals surface area contributed by atoms with Crippen molar-refractivity contribution in [3.05, 3.63) is 64.3 Å². The summed E-state index contributed by atoms with van der Waals surface area (Å²) in [4.78, 5) is 36.6. The molecule has 8 heteroatoms. The zero-order valence-electron chi connectivity index (χ0n) is 18.8. The number of likely N-dealkylation sites (tertiary alicyclic amines) is 1. The molecule has 2 atom stereocenters. The maximum absolute atomic E-state index is 13.7.